The van der Waals surface area contributed by atoms with Gasteiger partial charge in [-0.15, -0.1) is 0 Å². The fourth-order valence-electron chi connectivity index (χ4n) is 3.36. The van der Waals surface area contributed by atoms with E-state index >= 15 is 0 Å². The van der Waals surface area contributed by atoms with Crippen molar-refractivity contribution < 1.29 is 0 Å². The highest BCUT2D eigenvalue weighted by molar-refractivity contribution is 5.93. The lowest BCUT2D eigenvalue weighted by Gasteiger charge is -2.22. The second-order valence-electron chi connectivity index (χ2n) is 5.68. The summed E-state index contributed by atoms with van der Waals surface area (Å²) in [4.78, 5) is 4.52. The molecule has 1 aromatic carbocycles. The van der Waals surface area contributed by atoms with Crippen molar-refractivity contribution in [3.63, 3.8) is 0 Å². The van der Waals surface area contributed by atoms with Gasteiger partial charge < -0.3 is 5.32 Å². The number of pyridine rings is 1. The molecule has 2 heteroatoms. The summed E-state index contributed by atoms with van der Waals surface area (Å²) in [5.74, 6) is 0.827. The van der Waals surface area contributed by atoms with Crippen molar-refractivity contribution in [3.05, 3.63) is 36.0 Å². The number of hydrogen-bond donors (Lipinski definition) is 1. The Hall–Kier alpha value is -1.57. The Bertz CT molecular complexity index is 576. The summed E-state index contributed by atoms with van der Waals surface area (Å²) < 4.78 is 0. The fraction of sp³-hybridized carbons (Fsp3) is 0.471. The lowest BCUT2D eigenvalue weighted by molar-refractivity contribution is 0.489. The molecule has 2 nitrogen and oxygen atoms in total. The molecule has 2 unspecified atom stereocenters. The summed E-state index contributed by atoms with van der Waals surface area (Å²) in [7, 11) is 0. The zero-order valence-corrected chi connectivity index (χ0v) is 11.8. The van der Waals surface area contributed by atoms with Crippen LogP contribution in [0.15, 0.2) is 30.5 Å². The second-order valence-corrected chi connectivity index (χ2v) is 5.68. The number of nitrogens with one attached hydrogen (secondary N) is 1. The third-order valence-electron chi connectivity index (χ3n) is 4.50. The van der Waals surface area contributed by atoms with Crippen molar-refractivity contribution in [2.24, 2.45) is 5.92 Å². The molecule has 0 amide bonds. The van der Waals surface area contributed by atoms with Gasteiger partial charge in [-0.25, -0.2) is 0 Å². The van der Waals surface area contributed by atoms with E-state index in [1.165, 1.54) is 42.3 Å². The smallest absolute Gasteiger partial charge is 0.0751 e. The van der Waals surface area contributed by atoms with Crippen molar-refractivity contribution in [2.45, 2.75) is 45.6 Å². The van der Waals surface area contributed by atoms with Gasteiger partial charge in [-0.1, -0.05) is 25.8 Å². The lowest BCUT2D eigenvalue weighted by atomic mass is 9.99. The van der Waals surface area contributed by atoms with Gasteiger partial charge >= 0.3 is 0 Å². The first-order valence-electron chi connectivity index (χ1n) is 7.40. The van der Waals surface area contributed by atoms with Crippen LogP contribution in [0.25, 0.3) is 10.9 Å². The highest BCUT2D eigenvalue weighted by atomic mass is 14.9. The molecule has 0 spiro atoms. The van der Waals surface area contributed by atoms with Gasteiger partial charge in [0.2, 0.25) is 0 Å². The molecule has 0 saturated heterocycles. The van der Waals surface area contributed by atoms with E-state index in [1.807, 2.05) is 12.3 Å². The van der Waals surface area contributed by atoms with Crippen LogP contribution in [0.2, 0.25) is 0 Å². The first kappa shape index (κ1) is 12.5. The van der Waals surface area contributed by atoms with E-state index in [2.05, 4.69) is 42.3 Å². The van der Waals surface area contributed by atoms with Crippen LogP contribution in [0, 0.1) is 12.8 Å². The van der Waals surface area contributed by atoms with E-state index in [0.29, 0.717) is 6.04 Å². The maximum absolute atomic E-state index is 4.52. The number of benzene rings is 1. The SMILES string of the molecule is CCC1CCCC1Nc1ccc(C)c2ncccc12. The molecular weight excluding hydrogens is 232 g/mol. The number of anilines is 1. The zero-order valence-electron chi connectivity index (χ0n) is 11.8. The number of aryl methyl sites for hydroxylation is 1. The Morgan fingerprint density at radius 3 is 3.00 bits per heavy atom. The predicted octanol–water partition coefficient (Wildman–Crippen LogP) is 4.53. The van der Waals surface area contributed by atoms with Gasteiger partial charge in [-0.3, -0.25) is 4.98 Å². The molecule has 2 atom stereocenters. The second kappa shape index (κ2) is 5.20. The van der Waals surface area contributed by atoms with Crippen molar-refractivity contribution in [1.29, 1.82) is 0 Å². The Balaban J connectivity index is 1.95. The van der Waals surface area contributed by atoms with Gasteiger partial charge in [-0.05, 0) is 49.4 Å². The minimum Gasteiger partial charge on any atom is -0.381 e. The Morgan fingerprint density at radius 2 is 2.16 bits per heavy atom. The normalized spacial score (nSPS) is 22.8. The molecule has 2 aromatic rings. The largest absolute Gasteiger partial charge is 0.381 e. The summed E-state index contributed by atoms with van der Waals surface area (Å²) in [6, 6.07) is 9.22. The highest BCUT2D eigenvalue weighted by Gasteiger charge is 2.25. The van der Waals surface area contributed by atoms with E-state index in [1.54, 1.807) is 0 Å². The van der Waals surface area contributed by atoms with Gasteiger partial charge in [0, 0.05) is 23.3 Å². The van der Waals surface area contributed by atoms with Gasteiger partial charge in [0.15, 0.2) is 0 Å². The Kier molecular flexibility index (Phi) is 3.41. The molecule has 1 saturated carbocycles. The maximum Gasteiger partial charge on any atom is 0.0751 e. The molecular formula is C17H22N2. The molecule has 1 N–H and O–H groups in total. The summed E-state index contributed by atoms with van der Waals surface area (Å²) in [5.41, 5.74) is 3.62. The predicted molar refractivity (Wildman–Crippen MR) is 81.5 cm³/mol. The molecule has 1 fully saturated rings. The number of fused-ring (bicyclic) bond motifs is 1. The van der Waals surface area contributed by atoms with Crippen molar-refractivity contribution >= 4 is 16.6 Å². The highest BCUT2D eigenvalue weighted by Crippen LogP contribution is 2.33. The summed E-state index contributed by atoms with van der Waals surface area (Å²) in [6.07, 6.45) is 7.19. The average molecular weight is 254 g/mol. The van der Waals surface area contributed by atoms with E-state index in [9.17, 15) is 0 Å². The van der Waals surface area contributed by atoms with Crippen LogP contribution in [0.1, 0.15) is 38.2 Å². The zero-order chi connectivity index (χ0) is 13.2. The molecule has 1 aromatic heterocycles. The van der Waals surface area contributed by atoms with E-state index in [0.717, 1.165) is 11.4 Å². The topological polar surface area (TPSA) is 24.9 Å². The third-order valence-corrected chi connectivity index (χ3v) is 4.50. The fourth-order valence-corrected chi connectivity index (χ4v) is 3.36. The van der Waals surface area contributed by atoms with E-state index < -0.39 is 0 Å². The first-order valence-corrected chi connectivity index (χ1v) is 7.40. The molecule has 0 bridgehead atoms. The number of hydrogen-bond acceptors (Lipinski definition) is 2. The minimum atomic E-state index is 0.635. The molecule has 1 aliphatic carbocycles. The quantitative estimate of drug-likeness (QED) is 0.870. The van der Waals surface area contributed by atoms with Gasteiger partial charge in [0.05, 0.1) is 5.52 Å². The van der Waals surface area contributed by atoms with Crippen LogP contribution in [0.4, 0.5) is 5.69 Å². The Morgan fingerprint density at radius 1 is 1.26 bits per heavy atom. The van der Waals surface area contributed by atoms with Crippen LogP contribution < -0.4 is 5.32 Å². The first-order chi connectivity index (χ1) is 9.29. The van der Waals surface area contributed by atoms with E-state index in [4.69, 9.17) is 0 Å². The van der Waals surface area contributed by atoms with Crippen LogP contribution in [0.5, 0.6) is 0 Å². The summed E-state index contributed by atoms with van der Waals surface area (Å²) >= 11 is 0. The molecule has 0 radical (unpaired) electrons. The lowest BCUT2D eigenvalue weighted by Crippen LogP contribution is -2.23. The molecule has 1 aliphatic rings. The van der Waals surface area contributed by atoms with Crippen molar-refractivity contribution in [1.82, 2.24) is 4.98 Å². The standard InChI is InChI=1S/C17H22N2/c1-3-13-6-4-8-15(13)19-16-10-9-12(2)17-14(16)7-5-11-18-17/h5,7,9-11,13,15,19H,3-4,6,8H2,1-2H3. The van der Waals surface area contributed by atoms with Crippen molar-refractivity contribution in [2.75, 3.05) is 5.32 Å². The average Bonchev–Trinajstić information content (AvgIpc) is 2.89. The molecule has 1 heterocycles. The van der Waals surface area contributed by atoms with Gasteiger partial charge in [0.25, 0.3) is 0 Å². The number of nitrogens with zero attached hydrogens (tertiary/aromatic N) is 1. The van der Waals surface area contributed by atoms with Crippen LogP contribution >= 0.6 is 0 Å². The van der Waals surface area contributed by atoms with Crippen LogP contribution in [0.3, 0.4) is 0 Å². The number of aromatic nitrogens is 1. The maximum atomic E-state index is 4.52. The molecule has 3 rings (SSSR count). The third kappa shape index (κ3) is 2.32. The van der Waals surface area contributed by atoms with Gasteiger partial charge in [-0.2, -0.15) is 0 Å². The molecule has 19 heavy (non-hydrogen) atoms. The number of rotatable bonds is 3. The van der Waals surface area contributed by atoms with Crippen LogP contribution in [-0.2, 0) is 0 Å². The van der Waals surface area contributed by atoms with Gasteiger partial charge in [0.1, 0.15) is 0 Å². The minimum absolute atomic E-state index is 0.635. The van der Waals surface area contributed by atoms with E-state index in [-0.39, 0.29) is 0 Å². The van der Waals surface area contributed by atoms with Crippen LogP contribution in [-0.4, -0.2) is 11.0 Å². The summed E-state index contributed by atoms with van der Waals surface area (Å²) in [6.45, 7) is 4.43. The monoisotopic (exact) mass is 254 g/mol. The molecule has 100 valence electrons. The van der Waals surface area contributed by atoms with Crippen molar-refractivity contribution in [3.8, 4) is 0 Å². The summed E-state index contributed by atoms with van der Waals surface area (Å²) in [5, 5.41) is 5.03. The molecule has 0 aliphatic heterocycles. The Labute approximate surface area is 115 Å².